The Morgan fingerprint density at radius 1 is 1.47 bits per heavy atom. The highest BCUT2D eigenvalue weighted by Crippen LogP contribution is 2.19. The predicted octanol–water partition coefficient (Wildman–Crippen LogP) is 0.900. The summed E-state index contributed by atoms with van der Waals surface area (Å²) >= 11 is 0. The number of halogens is 1. The molecule has 2 N–H and O–H groups in total. The fraction of sp³-hybridized carbons (Fsp3) is 0.364. The average molecular weight is 235 g/mol. The van der Waals surface area contributed by atoms with Crippen molar-refractivity contribution in [2.75, 3.05) is 0 Å². The van der Waals surface area contributed by atoms with Gasteiger partial charge in [0.1, 0.15) is 5.82 Å². The fourth-order valence-corrected chi connectivity index (χ4v) is 1.67. The fourth-order valence-electron chi connectivity index (χ4n) is 1.67. The van der Waals surface area contributed by atoms with Crippen molar-refractivity contribution < 1.29 is 4.39 Å². The summed E-state index contributed by atoms with van der Waals surface area (Å²) in [6.45, 7) is 1.71. The third-order valence-electron chi connectivity index (χ3n) is 2.57. The molecule has 1 unspecified atom stereocenters. The van der Waals surface area contributed by atoms with E-state index in [1.165, 1.54) is 4.80 Å². The molecule has 2 rings (SSSR count). The molecular weight excluding hydrogens is 221 g/mol. The number of hydrogen-bond donors (Lipinski definition) is 1. The minimum Gasteiger partial charge on any atom is -0.323 e. The van der Waals surface area contributed by atoms with E-state index in [0.29, 0.717) is 23.4 Å². The van der Waals surface area contributed by atoms with E-state index in [2.05, 4.69) is 15.4 Å². The Labute approximate surface area is 98.4 Å². The second kappa shape index (κ2) is 4.58. The Morgan fingerprint density at radius 2 is 2.24 bits per heavy atom. The first-order valence-corrected chi connectivity index (χ1v) is 5.31. The molecule has 0 aliphatic rings. The molecule has 0 spiro atoms. The van der Waals surface area contributed by atoms with Crippen molar-refractivity contribution in [3.63, 3.8) is 0 Å². The number of benzene rings is 1. The van der Waals surface area contributed by atoms with Gasteiger partial charge in [-0.2, -0.15) is 4.80 Å². The molecule has 0 saturated carbocycles. The van der Waals surface area contributed by atoms with Gasteiger partial charge in [-0.05, 0) is 17.7 Å². The number of hydrogen-bond acceptors (Lipinski definition) is 4. The maximum Gasteiger partial charge on any atom is 0.176 e. The number of tetrazole rings is 1. The van der Waals surface area contributed by atoms with Gasteiger partial charge in [0.2, 0.25) is 0 Å². The van der Waals surface area contributed by atoms with E-state index < -0.39 is 6.04 Å². The van der Waals surface area contributed by atoms with Crippen LogP contribution in [0.2, 0.25) is 0 Å². The predicted molar refractivity (Wildman–Crippen MR) is 60.6 cm³/mol. The van der Waals surface area contributed by atoms with Crippen molar-refractivity contribution in [1.82, 2.24) is 20.2 Å². The van der Waals surface area contributed by atoms with E-state index in [1.54, 1.807) is 32.2 Å². The zero-order valence-corrected chi connectivity index (χ0v) is 9.76. The molecule has 2 aromatic rings. The van der Waals surface area contributed by atoms with E-state index in [4.69, 9.17) is 5.73 Å². The van der Waals surface area contributed by atoms with Gasteiger partial charge in [0, 0.05) is 18.0 Å². The molecule has 1 aromatic carbocycles. The smallest absolute Gasteiger partial charge is 0.176 e. The van der Waals surface area contributed by atoms with Gasteiger partial charge >= 0.3 is 0 Å². The van der Waals surface area contributed by atoms with Crippen LogP contribution in [-0.4, -0.2) is 20.2 Å². The van der Waals surface area contributed by atoms with Crippen LogP contribution in [0.1, 0.15) is 23.0 Å². The number of aromatic nitrogens is 4. The highest BCUT2D eigenvalue weighted by atomic mass is 19.1. The van der Waals surface area contributed by atoms with Gasteiger partial charge < -0.3 is 5.73 Å². The lowest BCUT2D eigenvalue weighted by atomic mass is 10.0. The normalized spacial score (nSPS) is 12.7. The van der Waals surface area contributed by atoms with Crippen LogP contribution in [0.4, 0.5) is 4.39 Å². The van der Waals surface area contributed by atoms with Crippen molar-refractivity contribution in [2.24, 2.45) is 12.8 Å². The van der Waals surface area contributed by atoms with Gasteiger partial charge in [-0.15, -0.1) is 10.2 Å². The van der Waals surface area contributed by atoms with Crippen LogP contribution in [0.25, 0.3) is 0 Å². The van der Waals surface area contributed by atoms with Crippen molar-refractivity contribution >= 4 is 0 Å². The minimum atomic E-state index is -0.459. The van der Waals surface area contributed by atoms with Gasteiger partial charge in [0.15, 0.2) is 5.82 Å². The van der Waals surface area contributed by atoms with Crippen LogP contribution >= 0.6 is 0 Å². The Balaban J connectivity index is 2.20. The second-order valence-electron chi connectivity index (χ2n) is 3.98. The van der Waals surface area contributed by atoms with E-state index in [-0.39, 0.29) is 5.82 Å². The quantitative estimate of drug-likeness (QED) is 0.858. The van der Waals surface area contributed by atoms with E-state index >= 15 is 0 Å². The summed E-state index contributed by atoms with van der Waals surface area (Å²) in [5.41, 5.74) is 7.02. The van der Waals surface area contributed by atoms with Crippen LogP contribution in [-0.2, 0) is 13.5 Å². The molecule has 0 amide bonds. The minimum absolute atomic E-state index is 0.260. The van der Waals surface area contributed by atoms with Crippen molar-refractivity contribution in [2.45, 2.75) is 19.4 Å². The highest BCUT2D eigenvalue weighted by molar-refractivity contribution is 5.27. The summed E-state index contributed by atoms with van der Waals surface area (Å²) in [6, 6.07) is 4.73. The van der Waals surface area contributed by atoms with E-state index in [9.17, 15) is 4.39 Å². The maximum atomic E-state index is 13.8. The molecule has 90 valence electrons. The molecule has 0 aliphatic heterocycles. The molecule has 6 heteroatoms. The summed E-state index contributed by atoms with van der Waals surface area (Å²) in [6.07, 6.45) is 0.369. The zero-order valence-electron chi connectivity index (χ0n) is 9.76. The second-order valence-corrected chi connectivity index (χ2v) is 3.98. The van der Waals surface area contributed by atoms with Crippen molar-refractivity contribution in [1.29, 1.82) is 0 Å². The number of aryl methyl sites for hydroxylation is 2. The van der Waals surface area contributed by atoms with Crippen LogP contribution in [0.5, 0.6) is 0 Å². The van der Waals surface area contributed by atoms with Crippen LogP contribution in [0.3, 0.4) is 0 Å². The first kappa shape index (κ1) is 11.7. The average Bonchev–Trinajstić information content (AvgIpc) is 2.68. The largest absolute Gasteiger partial charge is 0.323 e. The summed E-state index contributed by atoms with van der Waals surface area (Å²) in [5, 5.41) is 11.6. The van der Waals surface area contributed by atoms with Gasteiger partial charge in [-0.3, -0.25) is 0 Å². The SMILES string of the molecule is Cc1cccc(C(N)Cc2nnn(C)n2)c1F. The van der Waals surface area contributed by atoms with Gasteiger partial charge in [0.25, 0.3) is 0 Å². The van der Waals surface area contributed by atoms with E-state index in [1.807, 2.05) is 0 Å². The van der Waals surface area contributed by atoms with Gasteiger partial charge in [-0.25, -0.2) is 4.39 Å². The molecule has 1 atom stereocenters. The van der Waals surface area contributed by atoms with Crippen LogP contribution < -0.4 is 5.73 Å². The molecule has 0 aliphatic carbocycles. The molecule has 0 fully saturated rings. The lowest BCUT2D eigenvalue weighted by Gasteiger charge is -2.11. The summed E-state index contributed by atoms with van der Waals surface area (Å²) in [7, 11) is 1.68. The maximum absolute atomic E-state index is 13.8. The summed E-state index contributed by atoms with van der Waals surface area (Å²) in [4.78, 5) is 1.36. The number of nitrogens with two attached hydrogens (primary N) is 1. The first-order chi connectivity index (χ1) is 8.08. The van der Waals surface area contributed by atoms with Crippen molar-refractivity contribution in [3.05, 3.63) is 41.0 Å². The molecule has 0 bridgehead atoms. The highest BCUT2D eigenvalue weighted by Gasteiger charge is 2.15. The first-order valence-electron chi connectivity index (χ1n) is 5.31. The van der Waals surface area contributed by atoms with E-state index in [0.717, 1.165) is 0 Å². The Hall–Kier alpha value is -1.82. The lowest BCUT2D eigenvalue weighted by Crippen LogP contribution is -2.16. The number of nitrogens with zero attached hydrogens (tertiary/aromatic N) is 4. The number of rotatable bonds is 3. The summed E-state index contributed by atoms with van der Waals surface area (Å²) < 4.78 is 13.8. The topological polar surface area (TPSA) is 69.6 Å². The Kier molecular flexibility index (Phi) is 3.14. The molecular formula is C11H14FN5. The molecule has 5 nitrogen and oxygen atoms in total. The lowest BCUT2D eigenvalue weighted by molar-refractivity contribution is 0.566. The molecule has 1 heterocycles. The van der Waals surface area contributed by atoms with Crippen molar-refractivity contribution in [3.8, 4) is 0 Å². The monoisotopic (exact) mass is 235 g/mol. The Bertz CT molecular complexity index is 522. The van der Waals surface area contributed by atoms with Gasteiger partial charge in [-0.1, -0.05) is 18.2 Å². The molecule has 17 heavy (non-hydrogen) atoms. The Morgan fingerprint density at radius 3 is 2.88 bits per heavy atom. The standard InChI is InChI=1S/C11H14FN5/c1-7-4-3-5-8(11(7)12)9(13)6-10-14-16-17(2)15-10/h3-5,9H,6,13H2,1-2H3. The molecule has 0 saturated heterocycles. The third-order valence-corrected chi connectivity index (χ3v) is 2.57. The summed E-state index contributed by atoms with van der Waals surface area (Å²) in [5.74, 6) is 0.254. The van der Waals surface area contributed by atoms with Crippen LogP contribution in [0, 0.1) is 12.7 Å². The third kappa shape index (κ3) is 2.47. The van der Waals surface area contributed by atoms with Crippen LogP contribution in [0.15, 0.2) is 18.2 Å². The van der Waals surface area contributed by atoms with Gasteiger partial charge in [0.05, 0.1) is 7.05 Å². The zero-order chi connectivity index (χ0) is 12.4. The molecule has 0 radical (unpaired) electrons. The molecule has 1 aromatic heterocycles.